The predicted molar refractivity (Wildman–Crippen MR) is 75.3 cm³/mol. The molecule has 0 radical (unpaired) electrons. The van der Waals surface area contributed by atoms with E-state index in [2.05, 4.69) is 10.5 Å². The van der Waals surface area contributed by atoms with Gasteiger partial charge in [0.15, 0.2) is 5.82 Å². The van der Waals surface area contributed by atoms with E-state index in [1.165, 1.54) is 0 Å². The van der Waals surface area contributed by atoms with Crippen molar-refractivity contribution in [2.75, 3.05) is 5.32 Å². The molecule has 1 amide bonds. The van der Waals surface area contributed by atoms with E-state index in [0.717, 1.165) is 0 Å². The summed E-state index contributed by atoms with van der Waals surface area (Å²) in [4.78, 5) is 12.1. The third kappa shape index (κ3) is 4.01. The molecule has 2 atom stereocenters. The molecule has 1 N–H and O–H groups in total. The summed E-state index contributed by atoms with van der Waals surface area (Å²) < 4.78 is 43.5. The van der Waals surface area contributed by atoms with E-state index in [1.54, 1.807) is 6.07 Å². The highest BCUT2D eigenvalue weighted by Gasteiger charge is 2.43. The summed E-state index contributed by atoms with van der Waals surface area (Å²) in [6.45, 7) is 5.82. The van der Waals surface area contributed by atoms with E-state index in [9.17, 15) is 18.0 Å². The minimum Gasteiger partial charge on any atom is -0.359 e. The second kappa shape index (κ2) is 5.93. The first-order valence-electron chi connectivity index (χ1n) is 7.42. The Labute approximate surface area is 127 Å². The number of nitrogens with one attached hydrogen (secondary N) is 1. The minimum absolute atomic E-state index is 0.103. The van der Waals surface area contributed by atoms with Crippen molar-refractivity contribution < 1.29 is 22.5 Å². The fraction of sp³-hybridized carbons (Fsp3) is 0.733. The molecule has 7 heteroatoms. The Kier molecular flexibility index (Phi) is 4.54. The number of anilines is 1. The molecule has 2 rings (SSSR count). The second-order valence-electron chi connectivity index (χ2n) is 6.92. The monoisotopic (exact) mass is 318 g/mol. The first-order chi connectivity index (χ1) is 10.1. The van der Waals surface area contributed by atoms with E-state index in [4.69, 9.17) is 4.52 Å². The van der Waals surface area contributed by atoms with Crippen LogP contribution in [0.4, 0.5) is 19.0 Å². The molecule has 22 heavy (non-hydrogen) atoms. The standard InChI is InChI=1S/C15H21F3N2O2/c1-14(2,3)11-8-12(20-22-11)19-13(21)9-5-4-6-10(7-9)15(16,17)18/h8-10H,4-7H2,1-3H3,(H,19,20,21)/t9-,10-/m1/s1. The highest BCUT2D eigenvalue weighted by atomic mass is 19.4. The summed E-state index contributed by atoms with van der Waals surface area (Å²) in [5, 5.41) is 6.32. The minimum atomic E-state index is -4.23. The largest absolute Gasteiger partial charge is 0.391 e. The van der Waals surface area contributed by atoms with Gasteiger partial charge in [-0.3, -0.25) is 4.79 Å². The quantitative estimate of drug-likeness (QED) is 0.885. The van der Waals surface area contributed by atoms with Crippen LogP contribution in [0.3, 0.4) is 0 Å². The maximum absolute atomic E-state index is 12.8. The molecule has 1 heterocycles. The fourth-order valence-electron chi connectivity index (χ4n) is 2.64. The van der Waals surface area contributed by atoms with Gasteiger partial charge in [0.2, 0.25) is 5.91 Å². The Balaban J connectivity index is 1.99. The van der Waals surface area contributed by atoms with Gasteiger partial charge in [-0.25, -0.2) is 0 Å². The van der Waals surface area contributed by atoms with E-state index < -0.39 is 23.9 Å². The highest BCUT2D eigenvalue weighted by Crippen LogP contribution is 2.40. The second-order valence-corrected chi connectivity index (χ2v) is 6.92. The third-order valence-electron chi connectivity index (χ3n) is 4.01. The molecule has 1 aromatic rings. The van der Waals surface area contributed by atoms with Crippen LogP contribution < -0.4 is 5.32 Å². The molecule has 0 bridgehead atoms. The highest BCUT2D eigenvalue weighted by molar-refractivity contribution is 5.91. The summed E-state index contributed by atoms with van der Waals surface area (Å²) in [7, 11) is 0. The Bertz CT molecular complexity index is 532. The lowest BCUT2D eigenvalue weighted by Gasteiger charge is -2.29. The molecular weight excluding hydrogens is 297 g/mol. The smallest absolute Gasteiger partial charge is 0.359 e. The van der Waals surface area contributed by atoms with E-state index in [-0.39, 0.29) is 24.1 Å². The number of rotatable bonds is 2. The van der Waals surface area contributed by atoms with Crippen LogP contribution in [0.5, 0.6) is 0 Å². The summed E-state index contributed by atoms with van der Waals surface area (Å²) in [6.07, 6.45) is -3.40. The average molecular weight is 318 g/mol. The number of hydrogen-bond acceptors (Lipinski definition) is 3. The zero-order valence-electron chi connectivity index (χ0n) is 13.0. The number of carbonyl (C=O) groups is 1. The molecule has 4 nitrogen and oxygen atoms in total. The lowest BCUT2D eigenvalue weighted by atomic mass is 9.80. The number of hydrogen-bond donors (Lipinski definition) is 1. The van der Waals surface area contributed by atoms with Crippen LogP contribution in [0.15, 0.2) is 10.6 Å². The number of aromatic nitrogens is 1. The maximum Gasteiger partial charge on any atom is 0.391 e. The third-order valence-corrected chi connectivity index (χ3v) is 4.01. The van der Waals surface area contributed by atoms with Crippen LogP contribution in [-0.4, -0.2) is 17.2 Å². The van der Waals surface area contributed by atoms with Gasteiger partial charge in [0, 0.05) is 17.4 Å². The molecule has 124 valence electrons. The van der Waals surface area contributed by atoms with E-state index in [1.807, 2.05) is 20.8 Å². The molecule has 0 spiro atoms. The van der Waals surface area contributed by atoms with Crippen molar-refractivity contribution in [2.45, 2.75) is 58.0 Å². The van der Waals surface area contributed by atoms with Crippen LogP contribution >= 0.6 is 0 Å². The van der Waals surface area contributed by atoms with E-state index in [0.29, 0.717) is 18.6 Å². The van der Waals surface area contributed by atoms with Gasteiger partial charge in [-0.05, 0) is 19.3 Å². The zero-order valence-corrected chi connectivity index (χ0v) is 13.0. The van der Waals surface area contributed by atoms with Crippen LogP contribution in [0.2, 0.25) is 0 Å². The lowest BCUT2D eigenvalue weighted by molar-refractivity contribution is -0.185. The lowest BCUT2D eigenvalue weighted by Crippen LogP contribution is -2.34. The number of nitrogens with zero attached hydrogens (tertiary/aromatic N) is 1. The normalized spacial score (nSPS) is 23.4. The van der Waals surface area contributed by atoms with Crippen molar-refractivity contribution >= 4 is 11.7 Å². The number of alkyl halides is 3. The Morgan fingerprint density at radius 1 is 1.32 bits per heavy atom. The van der Waals surface area contributed by atoms with Crippen molar-refractivity contribution in [2.24, 2.45) is 11.8 Å². The molecular formula is C15H21F3N2O2. The molecule has 0 saturated heterocycles. The topological polar surface area (TPSA) is 55.1 Å². The number of carbonyl (C=O) groups excluding carboxylic acids is 1. The molecule has 1 aromatic heterocycles. The summed E-state index contributed by atoms with van der Waals surface area (Å²) in [5.74, 6) is -1.57. The first kappa shape index (κ1) is 16.8. The molecule has 1 saturated carbocycles. The van der Waals surface area contributed by atoms with Crippen molar-refractivity contribution in [3.05, 3.63) is 11.8 Å². The van der Waals surface area contributed by atoms with Gasteiger partial charge >= 0.3 is 6.18 Å². The van der Waals surface area contributed by atoms with Gasteiger partial charge in [0.1, 0.15) is 5.76 Å². The van der Waals surface area contributed by atoms with Crippen LogP contribution in [-0.2, 0) is 10.2 Å². The van der Waals surface area contributed by atoms with Gasteiger partial charge in [-0.2, -0.15) is 13.2 Å². The van der Waals surface area contributed by atoms with Gasteiger partial charge in [-0.1, -0.05) is 32.3 Å². The number of halogens is 3. The predicted octanol–water partition coefficient (Wildman–Crippen LogP) is 4.28. The Morgan fingerprint density at radius 2 is 2.00 bits per heavy atom. The van der Waals surface area contributed by atoms with Crippen molar-refractivity contribution in [3.63, 3.8) is 0 Å². The van der Waals surface area contributed by atoms with E-state index >= 15 is 0 Å². The molecule has 1 aliphatic carbocycles. The summed E-state index contributed by atoms with van der Waals surface area (Å²) >= 11 is 0. The molecule has 1 aliphatic rings. The molecule has 0 aromatic carbocycles. The van der Waals surface area contributed by atoms with Gasteiger partial charge in [0.25, 0.3) is 0 Å². The van der Waals surface area contributed by atoms with Gasteiger partial charge in [0.05, 0.1) is 5.92 Å². The molecule has 0 unspecified atom stereocenters. The van der Waals surface area contributed by atoms with Crippen LogP contribution in [0, 0.1) is 11.8 Å². The van der Waals surface area contributed by atoms with Crippen molar-refractivity contribution in [1.29, 1.82) is 0 Å². The van der Waals surface area contributed by atoms with Crippen molar-refractivity contribution in [3.8, 4) is 0 Å². The Morgan fingerprint density at radius 3 is 2.55 bits per heavy atom. The summed E-state index contributed by atoms with van der Waals surface area (Å²) in [6, 6.07) is 1.61. The van der Waals surface area contributed by atoms with Crippen LogP contribution in [0.1, 0.15) is 52.2 Å². The summed E-state index contributed by atoms with van der Waals surface area (Å²) in [5.41, 5.74) is -0.248. The first-order valence-corrected chi connectivity index (χ1v) is 7.42. The van der Waals surface area contributed by atoms with Crippen LogP contribution in [0.25, 0.3) is 0 Å². The number of amides is 1. The zero-order chi connectivity index (χ0) is 16.5. The maximum atomic E-state index is 12.8. The van der Waals surface area contributed by atoms with Gasteiger partial charge in [-0.15, -0.1) is 0 Å². The fourth-order valence-corrected chi connectivity index (χ4v) is 2.64. The molecule has 1 fully saturated rings. The SMILES string of the molecule is CC(C)(C)c1cc(NC(=O)[C@@H]2CCC[C@@H](C(F)(F)F)C2)no1. The Hall–Kier alpha value is -1.53. The van der Waals surface area contributed by atoms with Crippen molar-refractivity contribution in [1.82, 2.24) is 5.16 Å². The molecule has 0 aliphatic heterocycles. The average Bonchev–Trinajstić information content (AvgIpc) is 2.86. The van der Waals surface area contributed by atoms with Gasteiger partial charge < -0.3 is 9.84 Å².